The van der Waals surface area contributed by atoms with Crippen LogP contribution in [0.3, 0.4) is 0 Å². The first kappa shape index (κ1) is 12.6. The monoisotopic (exact) mass is 243 g/mol. The topological polar surface area (TPSA) is 65.8 Å². The van der Waals surface area contributed by atoms with Crippen molar-refractivity contribution in [2.75, 3.05) is 0 Å². The van der Waals surface area contributed by atoms with Gasteiger partial charge in [0.05, 0.1) is 5.56 Å². The molecule has 0 bridgehead atoms. The maximum atomic E-state index is 12.0. The van der Waals surface area contributed by atoms with E-state index in [0.717, 1.165) is 12.8 Å². The zero-order chi connectivity index (χ0) is 13.0. The molecule has 1 aliphatic carbocycles. The van der Waals surface area contributed by atoms with E-state index in [9.17, 15) is 4.79 Å². The lowest BCUT2D eigenvalue weighted by Crippen LogP contribution is -2.38. The van der Waals surface area contributed by atoms with Crippen LogP contribution >= 0.6 is 0 Å². The molecular formula is C14H17N3O. The Morgan fingerprint density at radius 3 is 2.94 bits per heavy atom. The lowest BCUT2D eigenvalue weighted by molar-refractivity contribution is 0.0916. The molecule has 1 N–H and O–H groups in total. The largest absolute Gasteiger partial charge is 0.348 e. The number of pyridine rings is 1. The highest BCUT2D eigenvalue weighted by Gasteiger charge is 2.21. The summed E-state index contributed by atoms with van der Waals surface area (Å²) >= 11 is 0. The van der Waals surface area contributed by atoms with Gasteiger partial charge in [0.2, 0.25) is 0 Å². The van der Waals surface area contributed by atoms with Crippen LogP contribution in [0.5, 0.6) is 0 Å². The Hall–Kier alpha value is -1.89. The standard InChI is InChI=1S/C14H17N3O/c1-10-3-2-4-12(7-10)17-14(18)13-6-5-11(8-15)9-16-13/h5-6,9-10,12H,2-4,7H2,1H3,(H,17,18). The molecule has 94 valence electrons. The third-order valence-corrected chi connectivity index (χ3v) is 3.40. The molecule has 4 heteroatoms. The predicted octanol–water partition coefficient (Wildman–Crippen LogP) is 2.26. The van der Waals surface area contributed by atoms with Gasteiger partial charge in [-0.3, -0.25) is 4.79 Å². The third-order valence-electron chi connectivity index (χ3n) is 3.40. The van der Waals surface area contributed by atoms with Crippen molar-refractivity contribution in [2.45, 2.75) is 38.6 Å². The van der Waals surface area contributed by atoms with Crippen molar-refractivity contribution in [1.82, 2.24) is 10.3 Å². The molecule has 1 saturated carbocycles. The number of carbonyl (C=O) groups is 1. The van der Waals surface area contributed by atoms with Crippen LogP contribution in [0.25, 0.3) is 0 Å². The van der Waals surface area contributed by atoms with Crippen LogP contribution in [-0.4, -0.2) is 16.9 Å². The van der Waals surface area contributed by atoms with Gasteiger partial charge in [0.15, 0.2) is 0 Å². The molecule has 2 unspecified atom stereocenters. The molecule has 1 fully saturated rings. The van der Waals surface area contributed by atoms with Crippen molar-refractivity contribution < 1.29 is 4.79 Å². The first-order valence-corrected chi connectivity index (χ1v) is 6.36. The molecule has 1 aromatic heterocycles. The van der Waals surface area contributed by atoms with Gasteiger partial charge in [0.25, 0.3) is 5.91 Å². The highest BCUT2D eigenvalue weighted by molar-refractivity contribution is 5.92. The SMILES string of the molecule is CC1CCCC(NC(=O)c2ccc(C#N)cn2)C1. The lowest BCUT2D eigenvalue weighted by atomic mass is 9.87. The second kappa shape index (κ2) is 5.63. The van der Waals surface area contributed by atoms with Gasteiger partial charge in [-0.1, -0.05) is 19.8 Å². The lowest BCUT2D eigenvalue weighted by Gasteiger charge is -2.27. The van der Waals surface area contributed by atoms with Crippen molar-refractivity contribution in [3.05, 3.63) is 29.6 Å². The first-order valence-electron chi connectivity index (χ1n) is 6.36. The Bertz CT molecular complexity index is 461. The number of aromatic nitrogens is 1. The van der Waals surface area contributed by atoms with Gasteiger partial charge in [-0.05, 0) is 30.9 Å². The second-order valence-corrected chi connectivity index (χ2v) is 4.99. The summed E-state index contributed by atoms with van der Waals surface area (Å²) in [5, 5.41) is 11.7. The Morgan fingerprint density at radius 2 is 2.33 bits per heavy atom. The third kappa shape index (κ3) is 3.07. The van der Waals surface area contributed by atoms with Gasteiger partial charge >= 0.3 is 0 Å². The molecule has 2 atom stereocenters. The minimum Gasteiger partial charge on any atom is -0.348 e. The molecule has 0 aliphatic heterocycles. The Balaban J connectivity index is 1.96. The van der Waals surface area contributed by atoms with Crippen LogP contribution in [0, 0.1) is 17.2 Å². The average molecular weight is 243 g/mol. The fraction of sp³-hybridized carbons (Fsp3) is 0.500. The summed E-state index contributed by atoms with van der Waals surface area (Å²) in [5.41, 5.74) is 0.852. The molecule has 18 heavy (non-hydrogen) atoms. The van der Waals surface area contributed by atoms with E-state index < -0.39 is 0 Å². The fourth-order valence-corrected chi connectivity index (χ4v) is 2.42. The van der Waals surface area contributed by atoms with Crippen molar-refractivity contribution in [2.24, 2.45) is 5.92 Å². The molecule has 0 radical (unpaired) electrons. The van der Waals surface area contributed by atoms with Gasteiger partial charge in [0, 0.05) is 12.2 Å². The van der Waals surface area contributed by atoms with Crippen LogP contribution < -0.4 is 5.32 Å². The smallest absolute Gasteiger partial charge is 0.270 e. The van der Waals surface area contributed by atoms with Gasteiger partial charge in [-0.25, -0.2) is 4.98 Å². The second-order valence-electron chi connectivity index (χ2n) is 4.99. The quantitative estimate of drug-likeness (QED) is 0.866. The zero-order valence-electron chi connectivity index (χ0n) is 10.5. The van der Waals surface area contributed by atoms with E-state index in [4.69, 9.17) is 5.26 Å². The number of carbonyl (C=O) groups excluding carboxylic acids is 1. The first-order chi connectivity index (χ1) is 8.69. The summed E-state index contributed by atoms with van der Waals surface area (Å²) in [4.78, 5) is 16.0. The fourth-order valence-electron chi connectivity index (χ4n) is 2.42. The molecule has 1 amide bonds. The van der Waals surface area contributed by atoms with Crippen LogP contribution in [0.1, 0.15) is 48.7 Å². The number of amides is 1. The van der Waals surface area contributed by atoms with Crippen LogP contribution in [-0.2, 0) is 0 Å². The summed E-state index contributed by atoms with van der Waals surface area (Å²) < 4.78 is 0. The number of nitrogens with zero attached hydrogens (tertiary/aromatic N) is 2. The van der Waals surface area contributed by atoms with Gasteiger partial charge in [0.1, 0.15) is 11.8 Å². The van der Waals surface area contributed by atoms with Crippen LogP contribution in [0.15, 0.2) is 18.3 Å². The number of hydrogen-bond acceptors (Lipinski definition) is 3. The molecule has 1 aromatic rings. The molecule has 1 aliphatic rings. The van der Waals surface area contributed by atoms with E-state index >= 15 is 0 Å². The summed E-state index contributed by atoms with van der Waals surface area (Å²) in [6.45, 7) is 2.22. The summed E-state index contributed by atoms with van der Waals surface area (Å²) in [7, 11) is 0. The minimum absolute atomic E-state index is 0.140. The van der Waals surface area contributed by atoms with Gasteiger partial charge < -0.3 is 5.32 Å². The number of nitriles is 1. The van der Waals surface area contributed by atoms with E-state index in [1.165, 1.54) is 19.0 Å². The summed E-state index contributed by atoms with van der Waals surface area (Å²) in [6.07, 6.45) is 5.95. The van der Waals surface area contributed by atoms with Crippen molar-refractivity contribution in [3.8, 4) is 6.07 Å². The minimum atomic E-state index is -0.140. The van der Waals surface area contributed by atoms with E-state index in [2.05, 4.69) is 17.2 Å². The van der Waals surface area contributed by atoms with Crippen molar-refractivity contribution in [3.63, 3.8) is 0 Å². The summed E-state index contributed by atoms with van der Waals surface area (Å²) in [5.74, 6) is 0.538. The molecule has 0 saturated heterocycles. The van der Waals surface area contributed by atoms with E-state index in [1.54, 1.807) is 12.1 Å². The maximum absolute atomic E-state index is 12.0. The Labute approximate surface area is 107 Å². The highest BCUT2D eigenvalue weighted by Crippen LogP contribution is 2.23. The molecule has 0 spiro atoms. The average Bonchev–Trinajstić information content (AvgIpc) is 2.39. The van der Waals surface area contributed by atoms with E-state index in [-0.39, 0.29) is 11.9 Å². The number of nitrogens with one attached hydrogen (secondary N) is 1. The van der Waals surface area contributed by atoms with Crippen LogP contribution in [0.4, 0.5) is 0 Å². The number of hydrogen-bond donors (Lipinski definition) is 1. The normalized spacial score (nSPS) is 23.1. The summed E-state index contributed by atoms with van der Waals surface area (Å²) in [6, 6.07) is 5.46. The van der Waals surface area contributed by atoms with Crippen molar-refractivity contribution >= 4 is 5.91 Å². The van der Waals surface area contributed by atoms with E-state index in [1.807, 2.05) is 6.07 Å². The zero-order valence-corrected chi connectivity index (χ0v) is 10.5. The van der Waals surface area contributed by atoms with E-state index in [0.29, 0.717) is 17.2 Å². The van der Waals surface area contributed by atoms with Crippen LogP contribution in [0.2, 0.25) is 0 Å². The molecule has 2 rings (SSSR count). The molecule has 0 aromatic carbocycles. The Morgan fingerprint density at radius 1 is 1.50 bits per heavy atom. The molecular weight excluding hydrogens is 226 g/mol. The van der Waals surface area contributed by atoms with Gasteiger partial charge in [-0.2, -0.15) is 5.26 Å². The van der Waals surface area contributed by atoms with Gasteiger partial charge in [-0.15, -0.1) is 0 Å². The predicted molar refractivity (Wildman–Crippen MR) is 67.8 cm³/mol. The highest BCUT2D eigenvalue weighted by atomic mass is 16.1. The van der Waals surface area contributed by atoms with Crippen molar-refractivity contribution in [1.29, 1.82) is 5.26 Å². The maximum Gasteiger partial charge on any atom is 0.270 e. The number of rotatable bonds is 2. The molecule has 1 heterocycles. The Kier molecular flexibility index (Phi) is 3.93. The molecule has 4 nitrogen and oxygen atoms in total.